The number of halogens is 1. The molecule has 0 aliphatic carbocycles. The van der Waals surface area contributed by atoms with E-state index < -0.39 is 30.1 Å². The third-order valence-corrected chi connectivity index (χ3v) is 7.14. The second-order valence-electron chi connectivity index (χ2n) is 10.7. The Morgan fingerprint density at radius 3 is 2.55 bits per heavy atom. The van der Waals surface area contributed by atoms with Crippen LogP contribution < -0.4 is 19.1 Å². The molecule has 2 N–H and O–H groups in total. The highest BCUT2D eigenvalue weighted by Gasteiger charge is 2.40. The van der Waals surface area contributed by atoms with Crippen LogP contribution in [-0.4, -0.2) is 72.0 Å². The lowest BCUT2D eigenvalue weighted by atomic mass is 9.92. The monoisotopic (exact) mass is 601 g/mol. The van der Waals surface area contributed by atoms with Crippen molar-refractivity contribution >= 4 is 29.2 Å². The quantitative estimate of drug-likeness (QED) is 0.314. The summed E-state index contributed by atoms with van der Waals surface area (Å²) in [6, 6.07) is 12.2. The Morgan fingerprint density at radius 2 is 1.90 bits per heavy atom. The van der Waals surface area contributed by atoms with Gasteiger partial charge in [0, 0.05) is 52.9 Å². The summed E-state index contributed by atoms with van der Waals surface area (Å²) in [4.78, 5) is 27.4. The fraction of sp³-hybridized carbons (Fsp3) is 0.433. The van der Waals surface area contributed by atoms with Crippen molar-refractivity contribution in [3.05, 3.63) is 64.3 Å². The molecule has 0 unspecified atom stereocenters. The fourth-order valence-corrected chi connectivity index (χ4v) is 5.13. The minimum Gasteiger partial charge on any atom is -0.493 e. The summed E-state index contributed by atoms with van der Waals surface area (Å²) in [7, 11) is 3.06. The second kappa shape index (κ2) is 13.0. The van der Waals surface area contributed by atoms with Gasteiger partial charge in [0.25, 0.3) is 5.91 Å². The number of fused-ring (bicyclic) bond motifs is 1. The van der Waals surface area contributed by atoms with Crippen LogP contribution in [-0.2, 0) is 27.3 Å². The van der Waals surface area contributed by atoms with Crippen molar-refractivity contribution in [3.8, 4) is 17.4 Å². The van der Waals surface area contributed by atoms with Crippen molar-refractivity contribution in [2.24, 2.45) is 5.41 Å². The van der Waals surface area contributed by atoms with E-state index in [0.717, 1.165) is 0 Å². The molecule has 12 heteroatoms. The predicted octanol–water partition coefficient (Wildman–Crippen LogP) is 4.12. The number of carbonyl (C=O) groups is 2. The third-order valence-electron chi connectivity index (χ3n) is 6.90. The molecule has 0 spiro atoms. The number of anilines is 1. The Hall–Kier alpha value is -3.80. The number of rotatable bonds is 12. The van der Waals surface area contributed by atoms with E-state index in [1.54, 1.807) is 48.2 Å². The molecule has 0 saturated carbocycles. The van der Waals surface area contributed by atoms with Gasteiger partial charge in [0.2, 0.25) is 5.88 Å². The van der Waals surface area contributed by atoms with Gasteiger partial charge in [0.05, 0.1) is 26.5 Å². The predicted molar refractivity (Wildman–Crippen MR) is 156 cm³/mol. The number of benzene rings is 2. The number of carboxylic acid groups (broad SMARTS) is 1. The van der Waals surface area contributed by atoms with Crippen molar-refractivity contribution in [1.29, 1.82) is 0 Å². The summed E-state index contributed by atoms with van der Waals surface area (Å²) >= 11 is 6.49. The van der Waals surface area contributed by atoms with Gasteiger partial charge >= 0.3 is 5.97 Å². The average molecular weight is 602 g/mol. The van der Waals surface area contributed by atoms with Gasteiger partial charge < -0.3 is 34.1 Å². The number of amides is 1. The zero-order valence-corrected chi connectivity index (χ0v) is 25.1. The van der Waals surface area contributed by atoms with Crippen molar-refractivity contribution in [1.82, 2.24) is 9.78 Å². The molecule has 226 valence electrons. The Kier molecular flexibility index (Phi) is 9.65. The number of ether oxygens (including phenoxy) is 4. The van der Waals surface area contributed by atoms with E-state index in [1.165, 1.54) is 18.9 Å². The largest absolute Gasteiger partial charge is 0.493 e. The van der Waals surface area contributed by atoms with Gasteiger partial charge in [-0.15, -0.1) is 0 Å². The molecule has 1 aromatic heterocycles. The lowest BCUT2D eigenvalue weighted by molar-refractivity contribution is -0.138. The molecule has 0 fully saturated rings. The maximum Gasteiger partial charge on any atom is 0.325 e. The molecule has 42 heavy (non-hydrogen) atoms. The molecule has 3 aromatic rings. The number of methoxy groups -OCH3 is 2. The van der Waals surface area contributed by atoms with Gasteiger partial charge in [-0.2, -0.15) is 5.10 Å². The van der Waals surface area contributed by atoms with E-state index >= 15 is 0 Å². The maximum absolute atomic E-state index is 14.3. The summed E-state index contributed by atoms with van der Waals surface area (Å²) in [5.74, 6) is -0.232. The zero-order valence-electron chi connectivity index (χ0n) is 24.3. The summed E-state index contributed by atoms with van der Waals surface area (Å²) in [6.45, 7) is 5.44. The van der Waals surface area contributed by atoms with Crippen molar-refractivity contribution < 1.29 is 38.7 Å². The van der Waals surface area contributed by atoms with Crippen molar-refractivity contribution in [2.75, 3.05) is 38.9 Å². The summed E-state index contributed by atoms with van der Waals surface area (Å²) in [5.41, 5.74) is 1.60. The van der Waals surface area contributed by atoms with Crippen LogP contribution in [0.15, 0.2) is 42.5 Å². The molecule has 4 rings (SSSR count). The van der Waals surface area contributed by atoms with Gasteiger partial charge in [-0.05, 0) is 31.2 Å². The number of aliphatic hydroxyl groups is 1. The number of carboxylic acids is 1. The third kappa shape index (κ3) is 6.64. The van der Waals surface area contributed by atoms with E-state index in [9.17, 15) is 19.8 Å². The van der Waals surface area contributed by atoms with Gasteiger partial charge in [-0.1, -0.05) is 37.6 Å². The van der Waals surface area contributed by atoms with Crippen LogP contribution in [0.5, 0.6) is 17.4 Å². The smallest absolute Gasteiger partial charge is 0.325 e. The SMILES string of the molecule is CCOc1cc(C[C@H]2O[C@H](c3cccc(OC)c3OC)c3cc(Cl)ccc3N(CC(C)(C)CO)C2=O)nn1CC(=O)O. The molecule has 1 aliphatic heterocycles. The van der Waals surface area contributed by atoms with Crippen LogP contribution in [0.25, 0.3) is 0 Å². The number of nitrogens with zero attached hydrogens (tertiary/aromatic N) is 3. The van der Waals surface area contributed by atoms with E-state index in [-0.39, 0.29) is 31.4 Å². The molecular weight excluding hydrogens is 566 g/mol. The fourth-order valence-electron chi connectivity index (χ4n) is 4.95. The number of carbonyl (C=O) groups excluding carboxylic acids is 1. The van der Waals surface area contributed by atoms with E-state index in [4.69, 9.17) is 30.5 Å². The molecule has 2 atom stereocenters. The Balaban J connectivity index is 1.88. The van der Waals surface area contributed by atoms with Crippen LogP contribution in [0, 0.1) is 5.41 Å². The number of hydrogen-bond donors (Lipinski definition) is 2. The van der Waals surface area contributed by atoms with Crippen LogP contribution in [0.4, 0.5) is 5.69 Å². The average Bonchev–Trinajstić information content (AvgIpc) is 3.28. The Bertz CT molecular complexity index is 1440. The first-order valence-electron chi connectivity index (χ1n) is 13.5. The highest BCUT2D eigenvalue weighted by molar-refractivity contribution is 6.30. The van der Waals surface area contributed by atoms with Crippen LogP contribution in [0.2, 0.25) is 5.02 Å². The standard InChI is InChI=1S/C30H36ClN3O8/c1-6-41-25-14-19(32-34(25)15-26(36)37)13-24-29(38)33(16-30(2,3)17-35)22-11-10-18(31)12-21(22)27(42-24)20-8-7-9-23(39-4)28(20)40-5/h7-12,14,24,27,35H,6,13,15-17H2,1-5H3,(H,36,37)/t24-,27-/m1/s1. The number of para-hydroxylation sites is 1. The first kappa shape index (κ1) is 31.1. The van der Waals surface area contributed by atoms with Gasteiger partial charge in [-0.3, -0.25) is 9.59 Å². The molecule has 2 heterocycles. The normalized spacial score (nSPS) is 17.0. The molecule has 2 aromatic carbocycles. The highest BCUT2D eigenvalue weighted by Crippen LogP contribution is 2.45. The molecular formula is C30H36ClN3O8. The lowest BCUT2D eigenvalue weighted by Gasteiger charge is -2.32. The topological polar surface area (TPSA) is 133 Å². The lowest BCUT2D eigenvalue weighted by Crippen LogP contribution is -2.46. The molecule has 1 aliphatic rings. The minimum absolute atomic E-state index is 0.0199. The Labute approximate surface area is 249 Å². The first-order chi connectivity index (χ1) is 20.0. The van der Waals surface area contributed by atoms with E-state index in [2.05, 4.69) is 5.10 Å². The first-order valence-corrected chi connectivity index (χ1v) is 13.9. The van der Waals surface area contributed by atoms with Gasteiger partial charge in [0.1, 0.15) is 18.8 Å². The van der Waals surface area contributed by atoms with Crippen molar-refractivity contribution in [2.45, 2.75) is 45.9 Å². The molecule has 11 nitrogen and oxygen atoms in total. The molecule has 0 saturated heterocycles. The number of aromatic nitrogens is 2. The molecule has 0 bridgehead atoms. The molecule has 0 radical (unpaired) electrons. The summed E-state index contributed by atoms with van der Waals surface area (Å²) < 4.78 is 24.8. The van der Waals surface area contributed by atoms with E-state index in [0.29, 0.717) is 45.6 Å². The van der Waals surface area contributed by atoms with Crippen molar-refractivity contribution in [3.63, 3.8) is 0 Å². The van der Waals surface area contributed by atoms with E-state index in [1.807, 2.05) is 19.9 Å². The van der Waals surface area contributed by atoms with Crippen LogP contribution in [0.3, 0.4) is 0 Å². The van der Waals surface area contributed by atoms with Gasteiger partial charge in [-0.25, -0.2) is 4.68 Å². The highest BCUT2D eigenvalue weighted by atomic mass is 35.5. The molecule has 1 amide bonds. The number of aliphatic carboxylic acids is 1. The van der Waals surface area contributed by atoms with Gasteiger partial charge in [0.15, 0.2) is 11.5 Å². The zero-order chi connectivity index (χ0) is 30.6. The number of hydrogen-bond acceptors (Lipinski definition) is 8. The summed E-state index contributed by atoms with van der Waals surface area (Å²) in [5, 5.41) is 24.3. The van der Waals surface area contributed by atoms with Crippen LogP contribution >= 0.6 is 11.6 Å². The number of aliphatic hydroxyl groups excluding tert-OH is 1. The Morgan fingerprint density at radius 1 is 1.14 bits per heavy atom. The summed E-state index contributed by atoms with van der Waals surface area (Å²) in [6.07, 6.45) is -1.85. The second-order valence-corrected chi connectivity index (χ2v) is 11.1. The minimum atomic E-state index is -1.08. The van der Waals surface area contributed by atoms with Crippen LogP contribution in [0.1, 0.15) is 43.7 Å². The maximum atomic E-state index is 14.3.